The van der Waals surface area contributed by atoms with Crippen molar-refractivity contribution in [3.05, 3.63) is 53.2 Å². The van der Waals surface area contributed by atoms with Crippen LogP contribution in [0.4, 0.5) is 17.5 Å². The van der Waals surface area contributed by atoms with Gasteiger partial charge in [-0.3, -0.25) is 9.36 Å². The van der Waals surface area contributed by atoms with Gasteiger partial charge >= 0.3 is 5.97 Å². The van der Waals surface area contributed by atoms with Gasteiger partial charge in [0, 0.05) is 31.5 Å². The van der Waals surface area contributed by atoms with Crippen molar-refractivity contribution in [2.75, 3.05) is 17.7 Å². The summed E-state index contributed by atoms with van der Waals surface area (Å²) in [5, 5.41) is 24.9. The Balaban J connectivity index is 1.69. The zero-order valence-electron chi connectivity index (χ0n) is 20.4. The van der Waals surface area contributed by atoms with E-state index in [0.29, 0.717) is 22.8 Å². The summed E-state index contributed by atoms with van der Waals surface area (Å²) in [6.07, 6.45) is 2.86. The minimum absolute atomic E-state index is 0.0830. The number of benzene rings is 1. The van der Waals surface area contributed by atoms with Gasteiger partial charge in [-0.15, -0.1) is 0 Å². The standard InChI is InChI=1S/C23H27N9O3/c1-12(18-13(2)29-32(5)14(18)3)26-23-24-10-16(22(33)34)21(28-23)27-17-9-7-8-15(19(17)35-6)20-25-11-31(4)30-20/h7-12H,1-6H3,(H,33,34)(H2,24,26,27,28). The van der Waals surface area contributed by atoms with Crippen LogP contribution >= 0.6 is 0 Å². The molecule has 0 fully saturated rings. The molecule has 0 aliphatic carbocycles. The van der Waals surface area contributed by atoms with Crippen molar-refractivity contribution >= 4 is 23.4 Å². The summed E-state index contributed by atoms with van der Waals surface area (Å²) in [6.45, 7) is 5.91. The van der Waals surface area contributed by atoms with Crippen molar-refractivity contribution in [3.63, 3.8) is 0 Å². The van der Waals surface area contributed by atoms with Crippen LogP contribution in [0.1, 0.15) is 40.3 Å². The van der Waals surface area contributed by atoms with Crippen molar-refractivity contribution in [2.24, 2.45) is 14.1 Å². The lowest BCUT2D eigenvalue weighted by atomic mass is 10.1. The van der Waals surface area contributed by atoms with Gasteiger partial charge in [0.1, 0.15) is 11.9 Å². The number of nitrogens with one attached hydrogen (secondary N) is 2. The van der Waals surface area contributed by atoms with Gasteiger partial charge in [-0.25, -0.2) is 14.8 Å². The van der Waals surface area contributed by atoms with Gasteiger partial charge in [-0.1, -0.05) is 6.07 Å². The van der Waals surface area contributed by atoms with Crippen LogP contribution in [0.3, 0.4) is 0 Å². The number of carboxylic acids is 1. The highest BCUT2D eigenvalue weighted by Crippen LogP contribution is 2.36. The van der Waals surface area contributed by atoms with Gasteiger partial charge in [-0.2, -0.15) is 15.2 Å². The fraction of sp³-hybridized carbons (Fsp3) is 0.304. The molecule has 0 amide bonds. The minimum atomic E-state index is -1.16. The van der Waals surface area contributed by atoms with Crippen LogP contribution in [0.25, 0.3) is 11.4 Å². The molecular formula is C23H27N9O3. The number of aromatic carboxylic acids is 1. The number of hydrogen-bond acceptors (Lipinski definition) is 9. The van der Waals surface area contributed by atoms with Crippen LogP contribution < -0.4 is 15.4 Å². The SMILES string of the molecule is COc1c(Nc2nc(NC(C)c3c(C)nn(C)c3C)ncc2C(=O)O)cccc1-c1ncn(C)n1. The van der Waals surface area contributed by atoms with Gasteiger partial charge in [0.25, 0.3) is 0 Å². The molecule has 0 bridgehead atoms. The maximum Gasteiger partial charge on any atom is 0.341 e. The molecule has 3 heterocycles. The Labute approximate surface area is 202 Å². The molecule has 35 heavy (non-hydrogen) atoms. The number of aromatic nitrogens is 7. The van der Waals surface area contributed by atoms with Gasteiger partial charge in [-0.05, 0) is 32.9 Å². The van der Waals surface area contributed by atoms with Crippen molar-refractivity contribution in [2.45, 2.75) is 26.8 Å². The lowest BCUT2D eigenvalue weighted by Crippen LogP contribution is -2.14. The van der Waals surface area contributed by atoms with E-state index in [1.165, 1.54) is 13.3 Å². The number of anilines is 3. The Morgan fingerprint density at radius 2 is 1.94 bits per heavy atom. The zero-order valence-corrected chi connectivity index (χ0v) is 20.4. The number of ether oxygens (including phenoxy) is 1. The Hall–Kier alpha value is -4.48. The van der Waals surface area contributed by atoms with E-state index in [-0.39, 0.29) is 23.4 Å². The second-order valence-electron chi connectivity index (χ2n) is 8.09. The van der Waals surface area contributed by atoms with E-state index in [4.69, 9.17) is 4.74 Å². The van der Waals surface area contributed by atoms with Crippen LogP contribution in [0.15, 0.2) is 30.7 Å². The third-order valence-electron chi connectivity index (χ3n) is 5.68. The van der Waals surface area contributed by atoms with Gasteiger partial charge in [0.05, 0.1) is 30.1 Å². The molecule has 0 saturated carbocycles. The van der Waals surface area contributed by atoms with Gasteiger partial charge in [0.15, 0.2) is 17.4 Å². The lowest BCUT2D eigenvalue weighted by molar-refractivity contribution is 0.0697. The first-order valence-corrected chi connectivity index (χ1v) is 10.9. The third kappa shape index (κ3) is 4.63. The topological polar surface area (TPSA) is 145 Å². The van der Waals surface area contributed by atoms with E-state index in [1.54, 1.807) is 30.2 Å². The molecule has 12 heteroatoms. The fourth-order valence-corrected chi connectivity index (χ4v) is 4.01. The monoisotopic (exact) mass is 477 g/mol. The molecule has 1 aromatic carbocycles. The molecule has 1 unspecified atom stereocenters. The van der Waals surface area contributed by atoms with E-state index in [0.717, 1.165) is 17.0 Å². The van der Waals surface area contributed by atoms with Crippen LogP contribution in [-0.4, -0.2) is 52.7 Å². The molecule has 1 atom stereocenters. The molecule has 0 aliphatic heterocycles. The number of aryl methyl sites for hydroxylation is 3. The molecule has 3 N–H and O–H groups in total. The van der Waals surface area contributed by atoms with Crippen molar-refractivity contribution < 1.29 is 14.6 Å². The second kappa shape index (κ2) is 9.41. The maximum atomic E-state index is 11.9. The van der Waals surface area contributed by atoms with Crippen LogP contribution in [0.2, 0.25) is 0 Å². The minimum Gasteiger partial charge on any atom is -0.494 e. The first kappa shape index (κ1) is 23.7. The first-order chi connectivity index (χ1) is 16.7. The number of hydrogen-bond donors (Lipinski definition) is 3. The highest BCUT2D eigenvalue weighted by atomic mass is 16.5. The largest absolute Gasteiger partial charge is 0.494 e. The average molecular weight is 478 g/mol. The smallest absolute Gasteiger partial charge is 0.341 e. The predicted molar refractivity (Wildman–Crippen MR) is 130 cm³/mol. The normalized spacial score (nSPS) is 11.8. The summed E-state index contributed by atoms with van der Waals surface area (Å²) in [7, 11) is 5.19. The third-order valence-corrected chi connectivity index (χ3v) is 5.68. The fourth-order valence-electron chi connectivity index (χ4n) is 4.01. The Morgan fingerprint density at radius 3 is 2.54 bits per heavy atom. The summed E-state index contributed by atoms with van der Waals surface area (Å²) in [4.78, 5) is 24.9. The quantitative estimate of drug-likeness (QED) is 0.346. The van der Waals surface area contributed by atoms with E-state index in [2.05, 4.69) is 35.8 Å². The first-order valence-electron chi connectivity index (χ1n) is 10.9. The number of para-hydroxylation sites is 1. The molecule has 4 aromatic rings. The highest BCUT2D eigenvalue weighted by molar-refractivity contribution is 5.94. The van der Waals surface area contributed by atoms with E-state index < -0.39 is 5.97 Å². The molecular weight excluding hydrogens is 450 g/mol. The van der Waals surface area contributed by atoms with Gasteiger partial charge in [0.2, 0.25) is 5.95 Å². The van der Waals surface area contributed by atoms with E-state index in [9.17, 15) is 9.90 Å². The Kier molecular flexibility index (Phi) is 6.36. The van der Waals surface area contributed by atoms with E-state index in [1.807, 2.05) is 38.6 Å². The summed E-state index contributed by atoms with van der Waals surface area (Å²) in [6, 6.07) is 5.23. The predicted octanol–water partition coefficient (Wildman–Crippen LogP) is 3.25. The molecule has 3 aromatic heterocycles. The maximum absolute atomic E-state index is 11.9. The molecule has 182 valence electrons. The van der Waals surface area contributed by atoms with E-state index >= 15 is 0 Å². The van der Waals surface area contributed by atoms with Crippen LogP contribution in [0, 0.1) is 13.8 Å². The number of methoxy groups -OCH3 is 1. The van der Waals surface area contributed by atoms with Crippen LogP contribution in [0.5, 0.6) is 5.75 Å². The summed E-state index contributed by atoms with van der Waals surface area (Å²) in [5.41, 5.74) is 4.03. The van der Waals surface area contributed by atoms with Crippen LogP contribution in [-0.2, 0) is 14.1 Å². The summed E-state index contributed by atoms with van der Waals surface area (Å²) in [5.74, 6) is 0.165. The Bertz CT molecular complexity index is 1390. The highest BCUT2D eigenvalue weighted by Gasteiger charge is 2.21. The summed E-state index contributed by atoms with van der Waals surface area (Å²) >= 11 is 0. The molecule has 0 radical (unpaired) electrons. The molecule has 0 spiro atoms. The number of nitrogens with zero attached hydrogens (tertiary/aromatic N) is 7. The number of carbonyl (C=O) groups is 1. The summed E-state index contributed by atoms with van der Waals surface area (Å²) < 4.78 is 9.04. The lowest BCUT2D eigenvalue weighted by Gasteiger charge is -2.17. The van der Waals surface area contributed by atoms with Crippen molar-refractivity contribution in [1.29, 1.82) is 0 Å². The number of carboxylic acid groups (broad SMARTS) is 1. The number of rotatable bonds is 8. The van der Waals surface area contributed by atoms with Crippen molar-refractivity contribution in [3.8, 4) is 17.1 Å². The molecule has 0 aliphatic rings. The average Bonchev–Trinajstić information content (AvgIpc) is 3.35. The van der Waals surface area contributed by atoms with Gasteiger partial charge < -0.3 is 20.5 Å². The molecule has 0 saturated heterocycles. The Morgan fingerprint density at radius 1 is 1.17 bits per heavy atom. The zero-order chi connectivity index (χ0) is 25.3. The van der Waals surface area contributed by atoms with Crippen molar-refractivity contribution in [1.82, 2.24) is 34.5 Å². The molecule has 4 rings (SSSR count). The second-order valence-corrected chi connectivity index (χ2v) is 8.09. The molecule has 12 nitrogen and oxygen atoms in total.